The first-order valence-electron chi connectivity index (χ1n) is 10.0. The van der Waals surface area contributed by atoms with E-state index in [1.807, 2.05) is 0 Å². The first kappa shape index (κ1) is 26.0. The summed E-state index contributed by atoms with van der Waals surface area (Å²) < 4.78 is 4.53. The van der Waals surface area contributed by atoms with Gasteiger partial charge >= 0.3 is 11.9 Å². The van der Waals surface area contributed by atoms with Gasteiger partial charge in [0, 0.05) is 29.6 Å². The molecule has 4 heterocycles. The third-order valence-corrected chi connectivity index (χ3v) is 9.50. The standard InChI is InChI=1S/C17H18N8O7S4/c1-6(13(28)29)32-23-7(9-21-15(18)36-24-9)10(26)20-8-11(27)25-2-17(14(30)31,3-33-12(8)25)4-34-16-22-19-5-35-16/h5-6,8,12H,2-4H2,1H3,(H,20,26)(H,28,29)(H,30,31)(H2,18,21,24)/t6?,8?,12-,17?/m1/s1. The summed E-state index contributed by atoms with van der Waals surface area (Å²) in [4.78, 5) is 59.1. The number of anilines is 1. The first-order chi connectivity index (χ1) is 17.1. The van der Waals surface area contributed by atoms with Gasteiger partial charge in [-0.3, -0.25) is 14.4 Å². The van der Waals surface area contributed by atoms with Crippen LogP contribution in [0.25, 0.3) is 0 Å². The zero-order valence-electron chi connectivity index (χ0n) is 18.3. The largest absolute Gasteiger partial charge is 0.481 e. The lowest BCUT2D eigenvalue weighted by Gasteiger charge is -2.53. The number of β-lactam (4-membered cyclic amide) rings is 1. The van der Waals surface area contributed by atoms with Gasteiger partial charge in [0.15, 0.2) is 9.47 Å². The summed E-state index contributed by atoms with van der Waals surface area (Å²) in [6.45, 7) is 1.19. The zero-order chi connectivity index (χ0) is 26.0. The second-order valence-electron chi connectivity index (χ2n) is 7.68. The third-order valence-electron chi connectivity index (χ3n) is 5.22. The molecule has 0 aliphatic carbocycles. The molecule has 2 aliphatic rings. The molecule has 0 saturated carbocycles. The van der Waals surface area contributed by atoms with Crippen LogP contribution in [0.1, 0.15) is 12.7 Å². The Morgan fingerprint density at radius 1 is 1.44 bits per heavy atom. The summed E-state index contributed by atoms with van der Waals surface area (Å²) in [5, 5.41) is 32.3. The average Bonchev–Trinajstić information content (AvgIpc) is 3.52. The summed E-state index contributed by atoms with van der Waals surface area (Å²) in [6.07, 6.45) is -1.36. The number of carbonyl (C=O) groups is 4. The summed E-state index contributed by atoms with van der Waals surface area (Å²) in [5.41, 5.74) is 5.48. The molecule has 3 unspecified atom stereocenters. The van der Waals surface area contributed by atoms with Gasteiger partial charge in [0.2, 0.25) is 23.5 Å². The number of hydrogen-bond donors (Lipinski definition) is 4. The second kappa shape index (κ2) is 10.5. The van der Waals surface area contributed by atoms with Gasteiger partial charge in [-0.25, -0.2) is 4.79 Å². The SMILES string of the molecule is CC(ON=C(C(=O)NC1C(=O)N2CC(CSc3nncs3)(C(=O)O)CS[C@H]12)c1nsc(N)n1)C(=O)O. The van der Waals surface area contributed by atoms with Crippen LogP contribution in [0, 0.1) is 5.41 Å². The van der Waals surface area contributed by atoms with Crippen LogP contribution in [-0.4, -0.2) is 99.7 Å². The highest BCUT2D eigenvalue weighted by Gasteiger charge is 2.57. The number of thioether (sulfide) groups is 2. The smallest absolute Gasteiger partial charge is 0.347 e. The van der Waals surface area contributed by atoms with Crippen molar-refractivity contribution in [1.82, 2.24) is 29.8 Å². The topological polar surface area (TPSA) is 223 Å². The van der Waals surface area contributed by atoms with Crippen molar-refractivity contribution in [1.29, 1.82) is 0 Å². The molecule has 0 radical (unpaired) electrons. The molecule has 36 heavy (non-hydrogen) atoms. The van der Waals surface area contributed by atoms with Crippen LogP contribution in [-0.2, 0) is 24.0 Å². The van der Waals surface area contributed by atoms with E-state index in [0.29, 0.717) is 4.34 Å². The highest BCUT2D eigenvalue weighted by molar-refractivity contribution is 8.01. The minimum Gasteiger partial charge on any atom is -0.481 e. The minimum atomic E-state index is -1.36. The maximum Gasteiger partial charge on any atom is 0.347 e. The Balaban J connectivity index is 1.44. The highest BCUT2D eigenvalue weighted by atomic mass is 32.2. The van der Waals surface area contributed by atoms with E-state index in [1.54, 1.807) is 5.51 Å². The number of carboxylic acids is 2. The number of nitrogen functional groups attached to an aromatic ring is 1. The molecule has 2 fully saturated rings. The Hall–Kier alpha value is -3.03. The van der Waals surface area contributed by atoms with E-state index in [1.165, 1.54) is 46.7 Å². The Kier molecular flexibility index (Phi) is 7.62. The van der Waals surface area contributed by atoms with E-state index in [9.17, 15) is 24.3 Å². The van der Waals surface area contributed by atoms with E-state index >= 15 is 0 Å². The Labute approximate surface area is 219 Å². The molecule has 2 saturated heterocycles. The number of aliphatic carboxylic acids is 2. The number of nitrogens with zero attached hydrogens (tertiary/aromatic N) is 6. The molecular weight excluding hydrogens is 557 g/mol. The Morgan fingerprint density at radius 2 is 2.22 bits per heavy atom. The number of carboxylic acid groups (broad SMARTS) is 2. The number of fused-ring (bicyclic) bond motifs is 1. The number of carbonyl (C=O) groups excluding carboxylic acids is 2. The van der Waals surface area contributed by atoms with E-state index in [0.717, 1.165) is 11.5 Å². The van der Waals surface area contributed by atoms with Crippen molar-refractivity contribution in [3.63, 3.8) is 0 Å². The molecular formula is C17H18N8O7S4. The van der Waals surface area contributed by atoms with Crippen molar-refractivity contribution >= 4 is 81.0 Å². The molecule has 4 atom stereocenters. The lowest BCUT2D eigenvalue weighted by Crippen LogP contribution is -2.74. The molecule has 5 N–H and O–H groups in total. The van der Waals surface area contributed by atoms with E-state index in [-0.39, 0.29) is 29.0 Å². The van der Waals surface area contributed by atoms with Gasteiger partial charge in [0.1, 0.15) is 22.3 Å². The van der Waals surface area contributed by atoms with Gasteiger partial charge in [-0.2, -0.15) is 9.36 Å². The molecule has 2 amide bonds. The summed E-state index contributed by atoms with van der Waals surface area (Å²) in [5.74, 6) is -3.45. The summed E-state index contributed by atoms with van der Waals surface area (Å²) >= 11 is 4.59. The van der Waals surface area contributed by atoms with Crippen molar-refractivity contribution in [2.45, 2.75) is 28.8 Å². The quantitative estimate of drug-likeness (QED) is 0.121. The zero-order valence-corrected chi connectivity index (χ0v) is 21.5. The van der Waals surface area contributed by atoms with Crippen LogP contribution in [0.2, 0.25) is 0 Å². The predicted molar refractivity (Wildman–Crippen MR) is 130 cm³/mol. The van der Waals surface area contributed by atoms with Crippen LogP contribution < -0.4 is 11.1 Å². The number of nitrogens with one attached hydrogen (secondary N) is 1. The molecule has 4 rings (SSSR count). The molecule has 0 aromatic carbocycles. The van der Waals surface area contributed by atoms with Gasteiger partial charge in [0.25, 0.3) is 5.91 Å². The Bertz CT molecular complexity index is 1210. The van der Waals surface area contributed by atoms with Gasteiger partial charge in [-0.05, 0) is 6.92 Å². The number of rotatable bonds is 10. The number of oxime groups is 1. The van der Waals surface area contributed by atoms with Crippen molar-refractivity contribution < 1.29 is 34.2 Å². The van der Waals surface area contributed by atoms with Crippen molar-refractivity contribution in [3.05, 3.63) is 11.3 Å². The van der Waals surface area contributed by atoms with E-state index < -0.39 is 52.4 Å². The van der Waals surface area contributed by atoms with Crippen LogP contribution >= 0.6 is 46.4 Å². The van der Waals surface area contributed by atoms with Gasteiger partial charge in [0.05, 0.1) is 0 Å². The lowest BCUT2D eigenvalue weighted by atomic mass is 9.89. The summed E-state index contributed by atoms with van der Waals surface area (Å²) in [6, 6.07) is -0.955. The fraction of sp³-hybridized carbons (Fsp3) is 0.471. The fourth-order valence-electron chi connectivity index (χ4n) is 3.23. The van der Waals surface area contributed by atoms with Crippen molar-refractivity contribution in [2.24, 2.45) is 10.6 Å². The number of aromatic nitrogens is 4. The first-order valence-corrected chi connectivity index (χ1v) is 13.7. The molecule has 2 aliphatic heterocycles. The number of amides is 2. The maximum atomic E-state index is 13.0. The van der Waals surface area contributed by atoms with Gasteiger partial charge < -0.3 is 31.0 Å². The minimum absolute atomic E-state index is 0.0264. The van der Waals surface area contributed by atoms with Crippen molar-refractivity contribution in [2.75, 3.05) is 23.8 Å². The lowest BCUT2D eigenvalue weighted by molar-refractivity contribution is -0.157. The van der Waals surface area contributed by atoms with Crippen LogP contribution in [0.3, 0.4) is 0 Å². The Morgan fingerprint density at radius 3 is 2.83 bits per heavy atom. The summed E-state index contributed by atoms with van der Waals surface area (Å²) in [7, 11) is 0. The third kappa shape index (κ3) is 5.22. The van der Waals surface area contributed by atoms with Gasteiger partial charge in [-0.1, -0.05) is 28.3 Å². The maximum absolute atomic E-state index is 13.0. The second-order valence-corrected chi connectivity index (χ2v) is 11.6. The van der Waals surface area contributed by atoms with Crippen molar-refractivity contribution in [3.8, 4) is 0 Å². The molecule has 19 heteroatoms. The molecule has 0 bridgehead atoms. The van der Waals surface area contributed by atoms with Crippen LogP contribution in [0.4, 0.5) is 5.13 Å². The molecule has 2 aromatic rings. The van der Waals surface area contributed by atoms with E-state index in [2.05, 4.69) is 30.0 Å². The monoisotopic (exact) mass is 574 g/mol. The molecule has 15 nitrogen and oxygen atoms in total. The average molecular weight is 575 g/mol. The number of hydrogen-bond acceptors (Lipinski definition) is 15. The normalized spacial score (nSPS) is 24.4. The van der Waals surface area contributed by atoms with Crippen LogP contribution in [0.15, 0.2) is 15.0 Å². The van der Waals surface area contributed by atoms with Gasteiger partial charge in [-0.15, -0.1) is 22.0 Å². The molecule has 2 aromatic heterocycles. The van der Waals surface area contributed by atoms with E-state index in [4.69, 9.17) is 15.7 Å². The number of nitrogens with two attached hydrogens (primary N) is 1. The predicted octanol–water partition coefficient (Wildman–Crippen LogP) is -0.571. The molecule has 0 spiro atoms. The highest BCUT2D eigenvalue weighted by Crippen LogP contribution is 2.44. The fourth-order valence-corrected chi connectivity index (χ4v) is 7.02. The van der Waals surface area contributed by atoms with Crippen LogP contribution in [0.5, 0.6) is 0 Å². The molecule has 192 valence electrons.